The SMILES string of the molecule is COc1cccn1-c1ccccc1. The van der Waals surface area contributed by atoms with Gasteiger partial charge in [-0.25, -0.2) is 0 Å². The molecule has 1 heterocycles. The number of benzene rings is 1. The highest BCUT2D eigenvalue weighted by molar-refractivity contribution is 5.36. The van der Waals surface area contributed by atoms with Gasteiger partial charge >= 0.3 is 0 Å². The van der Waals surface area contributed by atoms with Gasteiger partial charge in [-0.05, 0) is 18.2 Å². The van der Waals surface area contributed by atoms with E-state index in [0.29, 0.717) is 0 Å². The van der Waals surface area contributed by atoms with Crippen LogP contribution in [0.25, 0.3) is 5.69 Å². The number of methoxy groups -OCH3 is 1. The fraction of sp³-hybridized carbons (Fsp3) is 0.0909. The van der Waals surface area contributed by atoms with E-state index >= 15 is 0 Å². The summed E-state index contributed by atoms with van der Waals surface area (Å²) in [7, 11) is 1.68. The summed E-state index contributed by atoms with van der Waals surface area (Å²) in [6.45, 7) is 0. The molecular formula is C11H11NO. The molecule has 2 nitrogen and oxygen atoms in total. The molecule has 1 aromatic heterocycles. The summed E-state index contributed by atoms with van der Waals surface area (Å²) >= 11 is 0. The summed E-state index contributed by atoms with van der Waals surface area (Å²) in [5, 5.41) is 0. The van der Waals surface area contributed by atoms with Crippen molar-refractivity contribution in [1.82, 2.24) is 4.57 Å². The minimum atomic E-state index is 0.853. The topological polar surface area (TPSA) is 14.2 Å². The molecule has 0 saturated heterocycles. The molecule has 13 heavy (non-hydrogen) atoms. The van der Waals surface area contributed by atoms with Gasteiger partial charge in [-0.3, -0.25) is 4.57 Å². The average molecular weight is 173 g/mol. The van der Waals surface area contributed by atoms with Gasteiger partial charge in [0, 0.05) is 18.0 Å². The molecule has 0 fully saturated rings. The van der Waals surface area contributed by atoms with Crippen molar-refractivity contribution in [1.29, 1.82) is 0 Å². The van der Waals surface area contributed by atoms with E-state index in [0.717, 1.165) is 11.6 Å². The van der Waals surface area contributed by atoms with Crippen molar-refractivity contribution in [2.75, 3.05) is 7.11 Å². The van der Waals surface area contributed by atoms with Crippen LogP contribution in [0.3, 0.4) is 0 Å². The average Bonchev–Trinajstić information content (AvgIpc) is 2.67. The van der Waals surface area contributed by atoms with Gasteiger partial charge in [0.15, 0.2) is 5.88 Å². The molecule has 0 unspecified atom stereocenters. The first kappa shape index (κ1) is 7.92. The largest absolute Gasteiger partial charge is 0.482 e. The van der Waals surface area contributed by atoms with Crippen molar-refractivity contribution < 1.29 is 4.74 Å². The monoisotopic (exact) mass is 173 g/mol. The van der Waals surface area contributed by atoms with E-state index in [9.17, 15) is 0 Å². The van der Waals surface area contributed by atoms with E-state index < -0.39 is 0 Å². The Morgan fingerprint density at radius 3 is 2.46 bits per heavy atom. The number of hydrogen-bond donors (Lipinski definition) is 0. The molecule has 1 aromatic carbocycles. The van der Waals surface area contributed by atoms with E-state index in [1.165, 1.54) is 0 Å². The highest BCUT2D eigenvalue weighted by atomic mass is 16.5. The van der Waals surface area contributed by atoms with Crippen molar-refractivity contribution in [3.63, 3.8) is 0 Å². The van der Waals surface area contributed by atoms with Crippen LogP contribution in [0.5, 0.6) is 5.88 Å². The fourth-order valence-electron chi connectivity index (χ4n) is 1.33. The maximum atomic E-state index is 5.20. The van der Waals surface area contributed by atoms with Crippen molar-refractivity contribution in [3.05, 3.63) is 48.7 Å². The highest BCUT2D eigenvalue weighted by Gasteiger charge is 2.00. The molecule has 0 spiro atoms. The predicted molar refractivity (Wildman–Crippen MR) is 52.3 cm³/mol. The Labute approximate surface area is 77.4 Å². The lowest BCUT2D eigenvalue weighted by Crippen LogP contribution is -1.95. The summed E-state index contributed by atoms with van der Waals surface area (Å²) in [4.78, 5) is 0. The zero-order valence-electron chi connectivity index (χ0n) is 7.47. The Bertz CT molecular complexity index is 378. The van der Waals surface area contributed by atoms with Gasteiger partial charge in [0.1, 0.15) is 0 Å². The molecule has 0 atom stereocenters. The fourth-order valence-corrected chi connectivity index (χ4v) is 1.33. The summed E-state index contributed by atoms with van der Waals surface area (Å²) in [5.41, 5.74) is 1.12. The third-order valence-corrected chi connectivity index (χ3v) is 1.95. The zero-order valence-corrected chi connectivity index (χ0v) is 7.47. The van der Waals surface area contributed by atoms with Crippen LogP contribution in [0.15, 0.2) is 48.7 Å². The van der Waals surface area contributed by atoms with Gasteiger partial charge in [-0.15, -0.1) is 0 Å². The van der Waals surface area contributed by atoms with E-state index in [2.05, 4.69) is 0 Å². The molecule has 0 aliphatic heterocycles. The Balaban J connectivity index is 2.47. The minimum absolute atomic E-state index is 0.853. The first-order valence-corrected chi connectivity index (χ1v) is 4.18. The molecule has 66 valence electrons. The second-order valence-electron chi connectivity index (χ2n) is 2.76. The lowest BCUT2D eigenvalue weighted by molar-refractivity contribution is 0.390. The molecule has 2 aromatic rings. The molecule has 0 bridgehead atoms. The number of aromatic nitrogens is 1. The summed E-state index contributed by atoms with van der Waals surface area (Å²) in [6, 6.07) is 14.0. The van der Waals surface area contributed by atoms with Crippen molar-refractivity contribution in [2.24, 2.45) is 0 Å². The van der Waals surface area contributed by atoms with E-state index in [1.807, 2.05) is 53.2 Å². The van der Waals surface area contributed by atoms with Gasteiger partial charge in [0.05, 0.1) is 7.11 Å². The van der Waals surface area contributed by atoms with Gasteiger partial charge in [0.2, 0.25) is 0 Å². The smallest absolute Gasteiger partial charge is 0.197 e. The van der Waals surface area contributed by atoms with Crippen LogP contribution in [0.4, 0.5) is 0 Å². The Kier molecular flexibility index (Phi) is 2.04. The van der Waals surface area contributed by atoms with Crippen LogP contribution in [-0.4, -0.2) is 11.7 Å². The second-order valence-corrected chi connectivity index (χ2v) is 2.76. The van der Waals surface area contributed by atoms with Crippen molar-refractivity contribution in [3.8, 4) is 11.6 Å². The highest BCUT2D eigenvalue weighted by Crippen LogP contribution is 2.17. The molecule has 0 aliphatic rings. The quantitative estimate of drug-likeness (QED) is 0.680. The van der Waals surface area contributed by atoms with E-state index in [-0.39, 0.29) is 0 Å². The summed E-state index contributed by atoms with van der Waals surface area (Å²) in [5.74, 6) is 0.853. The molecule has 0 amide bonds. The van der Waals surface area contributed by atoms with Crippen LogP contribution in [0, 0.1) is 0 Å². The van der Waals surface area contributed by atoms with E-state index in [4.69, 9.17) is 4.74 Å². The standard InChI is InChI=1S/C11H11NO/c1-13-11-8-5-9-12(11)10-6-3-2-4-7-10/h2-9H,1H3. The molecule has 0 N–H and O–H groups in total. The van der Waals surface area contributed by atoms with Crippen LogP contribution >= 0.6 is 0 Å². The van der Waals surface area contributed by atoms with Crippen molar-refractivity contribution in [2.45, 2.75) is 0 Å². The number of hydrogen-bond acceptors (Lipinski definition) is 1. The van der Waals surface area contributed by atoms with Gasteiger partial charge in [0.25, 0.3) is 0 Å². The third kappa shape index (κ3) is 1.43. The van der Waals surface area contributed by atoms with E-state index in [1.54, 1.807) is 7.11 Å². The van der Waals surface area contributed by atoms with Gasteiger partial charge in [-0.2, -0.15) is 0 Å². The predicted octanol–water partition coefficient (Wildman–Crippen LogP) is 2.49. The Morgan fingerprint density at radius 1 is 1.00 bits per heavy atom. The number of nitrogens with zero attached hydrogens (tertiary/aromatic N) is 1. The Hall–Kier alpha value is -1.70. The third-order valence-electron chi connectivity index (χ3n) is 1.95. The lowest BCUT2D eigenvalue weighted by atomic mass is 10.3. The van der Waals surface area contributed by atoms with Crippen LogP contribution in [0.2, 0.25) is 0 Å². The molecule has 0 radical (unpaired) electrons. The number of rotatable bonds is 2. The molecular weight excluding hydrogens is 162 g/mol. The van der Waals surface area contributed by atoms with Crippen LogP contribution < -0.4 is 4.74 Å². The molecule has 2 heteroatoms. The van der Waals surface area contributed by atoms with Crippen LogP contribution in [-0.2, 0) is 0 Å². The molecule has 0 aliphatic carbocycles. The summed E-state index contributed by atoms with van der Waals surface area (Å²) < 4.78 is 7.20. The number of ether oxygens (including phenoxy) is 1. The first-order chi connectivity index (χ1) is 6.42. The molecule has 2 rings (SSSR count). The minimum Gasteiger partial charge on any atom is -0.482 e. The number of para-hydroxylation sites is 1. The van der Waals surface area contributed by atoms with Gasteiger partial charge in [-0.1, -0.05) is 18.2 Å². The maximum absolute atomic E-state index is 5.20. The zero-order chi connectivity index (χ0) is 9.10. The second kappa shape index (κ2) is 3.35. The lowest BCUT2D eigenvalue weighted by Gasteiger charge is -2.06. The summed E-state index contributed by atoms with van der Waals surface area (Å²) in [6.07, 6.45) is 1.98. The Morgan fingerprint density at radius 2 is 1.77 bits per heavy atom. The van der Waals surface area contributed by atoms with Crippen molar-refractivity contribution >= 4 is 0 Å². The molecule has 0 saturated carbocycles. The van der Waals surface area contributed by atoms with Gasteiger partial charge < -0.3 is 4.74 Å². The first-order valence-electron chi connectivity index (χ1n) is 4.18. The van der Waals surface area contributed by atoms with Crippen LogP contribution in [0.1, 0.15) is 0 Å². The normalized spacial score (nSPS) is 9.92. The maximum Gasteiger partial charge on any atom is 0.197 e.